The monoisotopic (exact) mass is 562 g/mol. The number of carboxylic acids is 1. The molecule has 2 heterocycles. The molecule has 1 aliphatic rings. The zero-order chi connectivity index (χ0) is 28.4. The normalized spacial score (nSPS) is 16.9. The molecule has 0 radical (unpaired) electrons. The van der Waals surface area contributed by atoms with Gasteiger partial charge in [0, 0.05) is 40.5 Å². The van der Waals surface area contributed by atoms with Crippen molar-refractivity contribution >= 4 is 51.7 Å². The van der Waals surface area contributed by atoms with Crippen molar-refractivity contribution in [3.05, 3.63) is 107 Å². The summed E-state index contributed by atoms with van der Waals surface area (Å²) in [5, 5.41) is 15.2. The predicted molar refractivity (Wildman–Crippen MR) is 149 cm³/mol. The average molecular weight is 563 g/mol. The van der Waals surface area contributed by atoms with Crippen LogP contribution in [0.1, 0.15) is 21.6 Å². The highest BCUT2D eigenvalue weighted by Crippen LogP contribution is 2.31. The Balaban J connectivity index is 1.45. The van der Waals surface area contributed by atoms with Gasteiger partial charge in [-0.15, -0.1) is 0 Å². The molecule has 8 N–H and O–H groups in total. The lowest BCUT2D eigenvalue weighted by molar-refractivity contribution is -0.130. The van der Waals surface area contributed by atoms with E-state index in [4.69, 9.17) is 17.3 Å². The van der Waals surface area contributed by atoms with Gasteiger partial charge in [-0.1, -0.05) is 35.9 Å². The maximum atomic E-state index is 15.1. The third kappa shape index (κ3) is 5.20. The molecule has 1 aromatic heterocycles. The summed E-state index contributed by atoms with van der Waals surface area (Å²) in [5.41, 5.74) is 11.8. The number of carbonyl (C=O) groups is 3. The quantitative estimate of drug-likeness (QED) is 0.162. The number of anilines is 2. The summed E-state index contributed by atoms with van der Waals surface area (Å²) in [6, 6.07) is 16.4. The van der Waals surface area contributed by atoms with E-state index >= 15 is 4.39 Å². The molecule has 40 heavy (non-hydrogen) atoms. The van der Waals surface area contributed by atoms with E-state index in [1.165, 1.54) is 36.5 Å². The summed E-state index contributed by atoms with van der Waals surface area (Å²) >= 11 is 6.00. The van der Waals surface area contributed by atoms with Gasteiger partial charge in [0.05, 0.1) is 5.02 Å². The number of fused-ring (bicyclic) bond motifs is 1. The van der Waals surface area contributed by atoms with E-state index in [9.17, 15) is 19.5 Å². The highest BCUT2D eigenvalue weighted by molar-refractivity contribution is 6.30. The van der Waals surface area contributed by atoms with Gasteiger partial charge in [0.15, 0.2) is 5.54 Å². The highest BCUT2D eigenvalue weighted by atomic mass is 35.5. The van der Waals surface area contributed by atoms with Crippen molar-refractivity contribution in [1.82, 2.24) is 21.2 Å². The fourth-order valence-corrected chi connectivity index (χ4v) is 4.68. The van der Waals surface area contributed by atoms with Crippen LogP contribution in [0.25, 0.3) is 10.9 Å². The van der Waals surface area contributed by atoms with Crippen molar-refractivity contribution in [1.29, 1.82) is 0 Å². The molecule has 0 aliphatic carbocycles. The maximum Gasteiger partial charge on any atom is 0.352 e. The number of hydrazine groups is 1. The van der Waals surface area contributed by atoms with Crippen LogP contribution >= 0.6 is 11.6 Å². The topological polar surface area (TPSA) is 161 Å². The van der Waals surface area contributed by atoms with Crippen molar-refractivity contribution in [2.45, 2.75) is 18.0 Å². The van der Waals surface area contributed by atoms with Crippen molar-refractivity contribution < 1.29 is 23.9 Å². The van der Waals surface area contributed by atoms with Gasteiger partial charge in [-0.05, 0) is 54.1 Å². The third-order valence-corrected chi connectivity index (χ3v) is 6.87. The van der Waals surface area contributed by atoms with E-state index in [2.05, 4.69) is 26.5 Å². The first-order chi connectivity index (χ1) is 19.2. The SMILES string of the molecule is Nc1ccc(CC(NC(=O)C2(c3cccc(Cl)c3F)C=CNN2)C(=O)Nc2ccc3[nH]c(C(=O)O)cc3c2)cc1. The average Bonchev–Trinajstić information content (AvgIpc) is 3.59. The smallest absolute Gasteiger partial charge is 0.352 e. The van der Waals surface area contributed by atoms with Gasteiger partial charge in [0.25, 0.3) is 5.91 Å². The number of halogens is 2. The molecule has 3 aromatic carbocycles. The number of rotatable bonds is 8. The summed E-state index contributed by atoms with van der Waals surface area (Å²) in [4.78, 5) is 41.4. The number of amides is 2. The second kappa shape index (κ2) is 10.7. The van der Waals surface area contributed by atoms with E-state index in [0.717, 1.165) is 5.56 Å². The fourth-order valence-electron chi connectivity index (χ4n) is 4.51. The Labute approximate surface area is 232 Å². The van der Waals surface area contributed by atoms with E-state index < -0.39 is 35.2 Å². The number of carboxylic acid groups (broad SMARTS) is 1. The molecule has 0 bridgehead atoms. The summed E-state index contributed by atoms with van der Waals surface area (Å²) in [6.45, 7) is 0. The van der Waals surface area contributed by atoms with Crippen molar-refractivity contribution in [3.63, 3.8) is 0 Å². The fraction of sp³-hybridized carbons (Fsp3) is 0.107. The van der Waals surface area contributed by atoms with Crippen LogP contribution in [0.15, 0.2) is 79.0 Å². The Morgan fingerprint density at radius 3 is 2.55 bits per heavy atom. The van der Waals surface area contributed by atoms with Gasteiger partial charge < -0.3 is 31.9 Å². The molecule has 10 nitrogen and oxygen atoms in total. The molecule has 4 aromatic rings. The second-order valence-electron chi connectivity index (χ2n) is 9.26. The molecule has 204 valence electrons. The summed E-state index contributed by atoms with van der Waals surface area (Å²) in [6.07, 6.45) is 2.99. The lowest BCUT2D eigenvalue weighted by Crippen LogP contribution is -2.58. The van der Waals surface area contributed by atoms with Crippen LogP contribution in [0.3, 0.4) is 0 Å². The van der Waals surface area contributed by atoms with Gasteiger partial charge in [-0.25, -0.2) is 14.6 Å². The van der Waals surface area contributed by atoms with E-state index in [1.807, 2.05) is 0 Å². The van der Waals surface area contributed by atoms with Crippen LogP contribution in [0, 0.1) is 5.82 Å². The number of benzene rings is 3. The number of aromatic nitrogens is 1. The lowest BCUT2D eigenvalue weighted by atomic mass is 9.89. The third-order valence-electron chi connectivity index (χ3n) is 6.58. The Hall–Kier alpha value is -4.87. The van der Waals surface area contributed by atoms with E-state index in [0.29, 0.717) is 22.3 Å². The molecule has 5 rings (SSSR count). The summed E-state index contributed by atoms with van der Waals surface area (Å²) < 4.78 is 15.1. The molecule has 2 atom stereocenters. The van der Waals surface area contributed by atoms with Crippen molar-refractivity contribution in [2.75, 3.05) is 11.1 Å². The predicted octanol–water partition coefficient (Wildman–Crippen LogP) is 3.42. The Bertz CT molecular complexity index is 1650. The van der Waals surface area contributed by atoms with Crippen LogP contribution in [0.5, 0.6) is 0 Å². The highest BCUT2D eigenvalue weighted by Gasteiger charge is 2.44. The first kappa shape index (κ1) is 26.7. The first-order valence-electron chi connectivity index (χ1n) is 12.1. The molecular formula is C28H24ClFN6O4. The molecule has 0 fully saturated rings. The van der Waals surface area contributed by atoms with Gasteiger partial charge in [-0.3, -0.25) is 9.59 Å². The van der Waals surface area contributed by atoms with Crippen molar-refractivity contribution in [3.8, 4) is 0 Å². The molecule has 2 unspecified atom stereocenters. The summed E-state index contributed by atoms with van der Waals surface area (Å²) in [5.74, 6) is -3.13. The number of aromatic amines is 1. The van der Waals surface area contributed by atoms with Crippen LogP contribution < -0.4 is 27.2 Å². The van der Waals surface area contributed by atoms with Crippen LogP contribution in [-0.2, 0) is 21.5 Å². The number of nitrogen functional groups attached to an aromatic ring is 1. The molecule has 12 heteroatoms. The van der Waals surface area contributed by atoms with Crippen molar-refractivity contribution in [2.24, 2.45) is 0 Å². The Kier molecular flexibility index (Phi) is 7.16. The minimum Gasteiger partial charge on any atom is -0.477 e. The van der Waals surface area contributed by atoms with Crippen LogP contribution in [-0.4, -0.2) is 33.9 Å². The van der Waals surface area contributed by atoms with E-state index in [1.54, 1.807) is 42.5 Å². The molecular weight excluding hydrogens is 539 g/mol. The number of H-pyrrole nitrogens is 1. The minimum absolute atomic E-state index is 0.0104. The Morgan fingerprint density at radius 2 is 1.85 bits per heavy atom. The lowest BCUT2D eigenvalue weighted by Gasteiger charge is -2.30. The largest absolute Gasteiger partial charge is 0.477 e. The zero-order valence-corrected chi connectivity index (χ0v) is 21.6. The van der Waals surface area contributed by atoms with Gasteiger partial charge in [0.1, 0.15) is 17.6 Å². The molecule has 0 saturated heterocycles. The van der Waals surface area contributed by atoms with Gasteiger partial charge in [-0.2, -0.15) is 0 Å². The number of nitrogens with two attached hydrogens (primary N) is 1. The second-order valence-corrected chi connectivity index (χ2v) is 9.67. The number of aromatic carboxylic acids is 1. The molecule has 2 amide bonds. The molecule has 1 aliphatic heterocycles. The van der Waals surface area contributed by atoms with Crippen LogP contribution in [0.2, 0.25) is 5.02 Å². The number of carbonyl (C=O) groups excluding carboxylic acids is 2. The van der Waals surface area contributed by atoms with Gasteiger partial charge in [0.2, 0.25) is 5.91 Å². The number of hydrogen-bond donors (Lipinski definition) is 7. The molecule has 0 saturated carbocycles. The minimum atomic E-state index is -1.69. The van der Waals surface area contributed by atoms with E-state index in [-0.39, 0.29) is 22.7 Å². The standard InChI is InChI=1S/C28H24ClFN6O4/c29-20-3-1-2-19(24(20)30)28(10-11-32-36-28)27(40)35-22(12-15-4-6-17(31)7-5-15)25(37)33-18-8-9-21-16(13-18)14-23(34-21)26(38)39/h1-11,13-14,22,32,34,36H,12,31H2,(H,33,37)(H,35,40)(H,38,39). The zero-order valence-electron chi connectivity index (χ0n) is 20.8. The Morgan fingerprint density at radius 1 is 1.07 bits per heavy atom. The first-order valence-corrected chi connectivity index (χ1v) is 12.5. The maximum absolute atomic E-state index is 15.1. The van der Waals surface area contributed by atoms with Gasteiger partial charge >= 0.3 is 5.97 Å². The number of hydrogen-bond acceptors (Lipinski definition) is 6. The van der Waals surface area contributed by atoms with Crippen LogP contribution in [0.4, 0.5) is 15.8 Å². The summed E-state index contributed by atoms with van der Waals surface area (Å²) in [7, 11) is 0. The number of nitrogens with one attached hydrogen (secondary N) is 5. The molecule has 0 spiro atoms.